The number of nitrogens with zero attached hydrogens (tertiary/aromatic N) is 1. The van der Waals surface area contributed by atoms with Gasteiger partial charge in [0.2, 0.25) is 5.43 Å². The lowest BCUT2D eigenvalue weighted by Gasteiger charge is -2.14. The van der Waals surface area contributed by atoms with Crippen LogP contribution in [0.5, 0.6) is 5.75 Å². The smallest absolute Gasteiger partial charge is 0.302 e. The molecule has 5 nitrogen and oxygen atoms in total. The lowest BCUT2D eigenvalue weighted by molar-refractivity contribution is -0.141. The number of aromatic nitrogens is 1. The highest BCUT2D eigenvalue weighted by Crippen LogP contribution is 2.16. The van der Waals surface area contributed by atoms with Gasteiger partial charge in [0.05, 0.1) is 12.2 Å². The molecule has 1 aromatic heterocycles. The van der Waals surface area contributed by atoms with Crippen molar-refractivity contribution in [2.24, 2.45) is 0 Å². The molecule has 0 aliphatic rings. The second-order valence-corrected chi connectivity index (χ2v) is 4.67. The van der Waals surface area contributed by atoms with E-state index in [4.69, 9.17) is 4.74 Å². The van der Waals surface area contributed by atoms with Crippen LogP contribution in [0.3, 0.4) is 0 Å². The number of pyridine rings is 1. The van der Waals surface area contributed by atoms with Gasteiger partial charge in [-0.05, 0) is 5.56 Å². The summed E-state index contributed by atoms with van der Waals surface area (Å²) in [6.45, 7) is 1.92. The standard InChI is InChI=1S/C16H17NO4/c1-12(18)21-10-9-17-8-7-15(19)16(20)14(17)11-13-5-3-2-4-6-13/h2-8,20H,9-11H2,1H3. The minimum absolute atomic E-state index is 0.194. The van der Waals surface area contributed by atoms with Crippen LogP contribution in [0.1, 0.15) is 18.2 Å². The first kappa shape index (κ1) is 14.8. The molecule has 110 valence electrons. The zero-order chi connectivity index (χ0) is 15.2. The van der Waals surface area contributed by atoms with E-state index in [0.717, 1.165) is 5.56 Å². The first-order valence-electron chi connectivity index (χ1n) is 6.66. The first-order valence-corrected chi connectivity index (χ1v) is 6.66. The molecule has 0 bridgehead atoms. The van der Waals surface area contributed by atoms with Gasteiger partial charge in [-0.2, -0.15) is 0 Å². The highest BCUT2D eigenvalue weighted by Gasteiger charge is 2.11. The molecule has 2 rings (SSSR count). The van der Waals surface area contributed by atoms with Gasteiger partial charge >= 0.3 is 5.97 Å². The van der Waals surface area contributed by atoms with Gasteiger partial charge < -0.3 is 14.4 Å². The van der Waals surface area contributed by atoms with Crippen LogP contribution in [0.4, 0.5) is 0 Å². The van der Waals surface area contributed by atoms with Crippen molar-refractivity contribution < 1.29 is 14.6 Å². The van der Waals surface area contributed by atoms with Gasteiger partial charge in [-0.25, -0.2) is 0 Å². The quantitative estimate of drug-likeness (QED) is 0.850. The predicted molar refractivity (Wildman–Crippen MR) is 78.2 cm³/mol. The molecule has 0 aliphatic heterocycles. The SMILES string of the molecule is CC(=O)OCCn1ccc(=O)c(O)c1Cc1ccccc1. The number of rotatable bonds is 5. The predicted octanol–water partition coefficient (Wildman–Crippen LogP) is 1.71. The number of carbonyl (C=O) groups excluding carboxylic acids is 1. The number of aromatic hydroxyl groups is 1. The van der Waals surface area contributed by atoms with Gasteiger partial charge in [-0.1, -0.05) is 30.3 Å². The van der Waals surface area contributed by atoms with E-state index in [1.165, 1.54) is 13.0 Å². The molecule has 5 heteroatoms. The Balaban J connectivity index is 2.26. The number of benzene rings is 1. The number of esters is 1. The third-order valence-electron chi connectivity index (χ3n) is 3.11. The van der Waals surface area contributed by atoms with E-state index < -0.39 is 5.43 Å². The molecule has 21 heavy (non-hydrogen) atoms. The van der Waals surface area contributed by atoms with E-state index >= 15 is 0 Å². The fraction of sp³-hybridized carbons (Fsp3) is 0.250. The van der Waals surface area contributed by atoms with E-state index in [-0.39, 0.29) is 18.3 Å². The van der Waals surface area contributed by atoms with Crippen molar-refractivity contribution in [1.82, 2.24) is 4.57 Å². The third kappa shape index (κ3) is 3.95. The summed E-state index contributed by atoms with van der Waals surface area (Å²) in [7, 11) is 0. The van der Waals surface area contributed by atoms with Crippen LogP contribution in [0, 0.1) is 0 Å². The number of carbonyl (C=O) groups is 1. The zero-order valence-corrected chi connectivity index (χ0v) is 11.8. The number of hydrogen-bond acceptors (Lipinski definition) is 4. The lowest BCUT2D eigenvalue weighted by Crippen LogP contribution is -2.16. The maximum absolute atomic E-state index is 11.6. The summed E-state index contributed by atoms with van der Waals surface area (Å²) < 4.78 is 6.63. The zero-order valence-electron chi connectivity index (χ0n) is 11.8. The maximum atomic E-state index is 11.6. The Morgan fingerprint density at radius 2 is 1.95 bits per heavy atom. The Hall–Kier alpha value is -2.56. The van der Waals surface area contributed by atoms with E-state index in [2.05, 4.69) is 0 Å². The van der Waals surface area contributed by atoms with Crippen LogP contribution in [0.25, 0.3) is 0 Å². The summed E-state index contributed by atoms with van der Waals surface area (Å²) in [5.41, 5.74) is 1.09. The molecular weight excluding hydrogens is 270 g/mol. The van der Waals surface area contributed by atoms with Gasteiger partial charge in [-0.15, -0.1) is 0 Å². The Bertz CT molecular complexity index is 676. The molecule has 0 radical (unpaired) electrons. The summed E-state index contributed by atoms with van der Waals surface area (Å²) in [4.78, 5) is 22.4. The molecule has 1 N–H and O–H groups in total. The molecule has 0 spiro atoms. The minimum atomic E-state index is -0.412. The molecular formula is C16H17NO4. The molecule has 0 fully saturated rings. The summed E-state index contributed by atoms with van der Waals surface area (Å²) in [5.74, 6) is -0.617. The molecule has 2 aromatic rings. The number of ether oxygens (including phenoxy) is 1. The summed E-state index contributed by atoms with van der Waals surface area (Å²) in [6, 6.07) is 10.9. The second-order valence-electron chi connectivity index (χ2n) is 4.67. The third-order valence-corrected chi connectivity index (χ3v) is 3.11. The van der Waals surface area contributed by atoms with Crippen molar-refractivity contribution in [2.75, 3.05) is 6.61 Å². The van der Waals surface area contributed by atoms with Crippen LogP contribution in [0.2, 0.25) is 0 Å². The highest BCUT2D eigenvalue weighted by atomic mass is 16.5. The fourth-order valence-electron chi connectivity index (χ4n) is 2.08. The summed E-state index contributed by atoms with van der Waals surface area (Å²) in [5, 5.41) is 10.0. The summed E-state index contributed by atoms with van der Waals surface area (Å²) in [6.07, 6.45) is 2.03. The van der Waals surface area contributed by atoms with Crippen molar-refractivity contribution in [3.05, 3.63) is 64.1 Å². The normalized spacial score (nSPS) is 10.3. The Kier molecular flexibility index (Phi) is 4.77. The molecule has 0 atom stereocenters. The van der Waals surface area contributed by atoms with E-state index in [0.29, 0.717) is 18.7 Å². The van der Waals surface area contributed by atoms with E-state index in [1.54, 1.807) is 10.8 Å². The van der Waals surface area contributed by atoms with Crippen molar-refractivity contribution >= 4 is 5.97 Å². The second kappa shape index (κ2) is 6.74. The van der Waals surface area contributed by atoms with Gasteiger partial charge in [0.1, 0.15) is 6.61 Å². The van der Waals surface area contributed by atoms with Crippen LogP contribution in [-0.2, 0) is 22.5 Å². The average Bonchev–Trinajstić information content (AvgIpc) is 2.47. The topological polar surface area (TPSA) is 68.5 Å². The van der Waals surface area contributed by atoms with E-state index in [9.17, 15) is 14.7 Å². The van der Waals surface area contributed by atoms with Crippen molar-refractivity contribution in [2.45, 2.75) is 19.9 Å². The fourth-order valence-corrected chi connectivity index (χ4v) is 2.08. The van der Waals surface area contributed by atoms with Crippen molar-refractivity contribution in [3.63, 3.8) is 0 Å². The van der Waals surface area contributed by atoms with Crippen LogP contribution in [0.15, 0.2) is 47.4 Å². The molecule has 0 saturated heterocycles. The van der Waals surface area contributed by atoms with Gasteiger partial charge in [0.25, 0.3) is 0 Å². The van der Waals surface area contributed by atoms with E-state index in [1.807, 2.05) is 30.3 Å². The molecule has 0 saturated carbocycles. The van der Waals surface area contributed by atoms with Crippen LogP contribution < -0.4 is 5.43 Å². The molecule has 1 heterocycles. The van der Waals surface area contributed by atoms with Crippen molar-refractivity contribution in [3.8, 4) is 5.75 Å². The molecule has 1 aromatic carbocycles. The largest absolute Gasteiger partial charge is 0.503 e. The average molecular weight is 287 g/mol. The van der Waals surface area contributed by atoms with Gasteiger partial charge in [-0.3, -0.25) is 9.59 Å². The van der Waals surface area contributed by atoms with Crippen LogP contribution in [-0.4, -0.2) is 22.2 Å². The Labute approximate surface area is 122 Å². The minimum Gasteiger partial charge on any atom is -0.503 e. The van der Waals surface area contributed by atoms with Crippen molar-refractivity contribution in [1.29, 1.82) is 0 Å². The summed E-state index contributed by atoms with van der Waals surface area (Å²) >= 11 is 0. The molecule has 0 aliphatic carbocycles. The Morgan fingerprint density at radius 3 is 2.62 bits per heavy atom. The maximum Gasteiger partial charge on any atom is 0.302 e. The Morgan fingerprint density at radius 1 is 1.24 bits per heavy atom. The number of hydrogen-bond donors (Lipinski definition) is 1. The van der Waals surface area contributed by atoms with Gasteiger partial charge in [0, 0.05) is 25.6 Å². The molecule has 0 amide bonds. The molecule has 0 unspecified atom stereocenters. The monoisotopic (exact) mass is 287 g/mol. The van der Waals surface area contributed by atoms with Crippen LogP contribution >= 0.6 is 0 Å². The lowest BCUT2D eigenvalue weighted by atomic mass is 10.1. The van der Waals surface area contributed by atoms with Gasteiger partial charge in [0.15, 0.2) is 5.75 Å². The first-order chi connectivity index (χ1) is 10.1. The highest BCUT2D eigenvalue weighted by molar-refractivity contribution is 5.65.